The number of imidazole rings is 1. The van der Waals surface area contributed by atoms with Gasteiger partial charge in [0.1, 0.15) is 35.3 Å². The van der Waals surface area contributed by atoms with Gasteiger partial charge in [-0.3, -0.25) is 14.7 Å². The van der Waals surface area contributed by atoms with Gasteiger partial charge < -0.3 is 30.8 Å². The molecule has 4 atom stereocenters. The fraction of sp³-hybridized carbons (Fsp3) is 0.353. The Morgan fingerprint density at radius 1 is 1.27 bits per heavy atom. The fourth-order valence-corrected chi connectivity index (χ4v) is 3.71. The van der Waals surface area contributed by atoms with Crippen LogP contribution in [0, 0.1) is 14.8 Å². The number of anilines is 1. The number of rotatable bonds is 5. The highest BCUT2D eigenvalue weighted by atomic mass is 32.1. The highest BCUT2D eigenvalue weighted by Gasteiger charge is 2.44. The molecule has 1 aromatic carbocycles. The molecule has 1 aliphatic rings. The number of hydrogen-bond acceptors (Lipinski definition) is 10. The first-order valence-electron chi connectivity index (χ1n) is 8.92. The third-order valence-electron chi connectivity index (χ3n) is 4.94. The molecule has 158 valence electrons. The van der Waals surface area contributed by atoms with Gasteiger partial charge in [-0.15, -0.1) is 0 Å². The van der Waals surface area contributed by atoms with Crippen LogP contribution in [-0.2, 0) is 11.2 Å². The zero-order valence-corrected chi connectivity index (χ0v) is 16.2. The predicted molar refractivity (Wildman–Crippen MR) is 106 cm³/mol. The Labute approximate surface area is 173 Å². The maximum Gasteiger partial charge on any atom is 0.269 e. The minimum Gasteiger partial charge on any atom is -0.394 e. The monoisotopic (exact) mass is 434 g/mol. The Morgan fingerprint density at radius 3 is 2.57 bits per heavy atom. The molecule has 1 saturated heterocycles. The van der Waals surface area contributed by atoms with Crippen LogP contribution in [-0.4, -0.2) is 64.7 Å². The standard InChI is InChI=1S/C17H18N6O6S/c18-17-20-14-11(15(30)21-17)19-10(5-7-1-3-8(4-2-7)23(27)28)22(14)16-13(26)12(25)9(6-24)29-16/h1-4,9,12-13,16,24-26H,5-6H2,(H3,18,20,21,30)/t9-,12-,13-,16-/m1/s1. The summed E-state index contributed by atoms with van der Waals surface area (Å²) in [5.41, 5.74) is 7.09. The van der Waals surface area contributed by atoms with E-state index in [1.807, 2.05) is 0 Å². The van der Waals surface area contributed by atoms with E-state index in [1.54, 1.807) is 12.1 Å². The lowest BCUT2D eigenvalue weighted by Gasteiger charge is -2.20. The van der Waals surface area contributed by atoms with Crippen molar-refractivity contribution in [2.45, 2.75) is 31.0 Å². The highest BCUT2D eigenvalue weighted by molar-refractivity contribution is 7.71. The van der Waals surface area contributed by atoms with Gasteiger partial charge in [-0.25, -0.2) is 9.97 Å². The normalized spacial score (nSPS) is 23.8. The van der Waals surface area contributed by atoms with Crippen molar-refractivity contribution in [2.75, 3.05) is 12.3 Å². The minimum atomic E-state index is -1.36. The number of fused-ring (bicyclic) bond motifs is 1. The molecule has 13 heteroatoms. The van der Waals surface area contributed by atoms with Crippen molar-refractivity contribution in [3.8, 4) is 0 Å². The van der Waals surface area contributed by atoms with Gasteiger partial charge in [0.25, 0.3) is 5.69 Å². The summed E-state index contributed by atoms with van der Waals surface area (Å²) in [5.74, 6) is 0.422. The molecule has 3 aromatic rings. The number of nitrogens with two attached hydrogens (primary N) is 1. The molecule has 0 spiro atoms. The molecule has 2 aromatic heterocycles. The zero-order valence-electron chi connectivity index (χ0n) is 15.4. The Kier molecular flexibility index (Phi) is 5.21. The number of nitro benzene ring substituents is 1. The van der Waals surface area contributed by atoms with Crippen LogP contribution >= 0.6 is 12.2 Å². The van der Waals surface area contributed by atoms with E-state index in [2.05, 4.69) is 15.0 Å². The lowest BCUT2D eigenvalue weighted by atomic mass is 10.1. The molecule has 1 fully saturated rings. The molecule has 3 heterocycles. The summed E-state index contributed by atoms with van der Waals surface area (Å²) < 4.78 is 7.31. The van der Waals surface area contributed by atoms with E-state index in [1.165, 1.54) is 16.7 Å². The Hall–Kier alpha value is -2.97. The smallest absolute Gasteiger partial charge is 0.269 e. The Bertz CT molecular complexity index is 1160. The van der Waals surface area contributed by atoms with Crippen molar-refractivity contribution in [2.24, 2.45) is 0 Å². The Morgan fingerprint density at radius 2 is 1.97 bits per heavy atom. The Balaban J connectivity index is 1.83. The van der Waals surface area contributed by atoms with Crippen molar-refractivity contribution in [1.82, 2.24) is 19.5 Å². The lowest BCUT2D eigenvalue weighted by molar-refractivity contribution is -0.384. The van der Waals surface area contributed by atoms with Gasteiger partial charge in [0.05, 0.1) is 11.5 Å². The van der Waals surface area contributed by atoms with E-state index in [9.17, 15) is 25.4 Å². The zero-order chi connectivity index (χ0) is 21.6. The topological polar surface area (TPSA) is 186 Å². The number of nitrogens with zero attached hydrogens (tertiary/aromatic N) is 4. The van der Waals surface area contributed by atoms with Crippen molar-refractivity contribution in [3.05, 3.63) is 50.4 Å². The van der Waals surface area contributed by atoms with Crippen LogP contribution in [0.1, 0.15) is 17.6 Å². The number of aromatic amines is 1. The summed E-state index contributed by atoms with van der Waals surface area (Å²) in [6.45, 7) is -0.487. The van der Waals surface area contributed by atoms with E-state index >= 15 is 0 Å². The van der Waals surface area contributed by atoms with Gasteiger partial charge >= 0.3 is 0 Å². The molecule has 12 nitrogen and oxygen atoms in total. The van der Waals surface area contributed by atoms with Gasteiger partial charge in [0, 0.05) is 18.6 Å². The number of H-pyrrole nitrogens is 1. The van der Waals surface area contributed by atoms with Gasteiger partial charge in [0.15, 0.2) is 16.8 Å². The van der Waals surface area contributed by atoms with Gasteiger partial charge in [-0.2, -0.15) is 0 Å². The number of benzene rings is 1. The summed E-state index contributed by atoms with van der Waals surface area (Å²) in [6, 6.07) is 5.92. The number of hydrogen-bond donors (Lipinski definition) is 5. The fourth-order valence-electron chi connectivity index (χ4n) is 3.47. The number of nitrogens with one attached hydrogen (secondary N) is 1. The summed E-state index contributed by atoms with van der Waals surface area (Å²) >= 11 is 5.24. The molecule has 0 unspecified atom stereocenters. The van der Waals surface area contributed by atoms with E-state index in [4.69, 9.17) is 22.7 Å². The van der Waals surface area contributed by atoms with Crippen LogP contribution in [0.2, 0.25) is 0 Å². The molecule has 4 rings (SSSR count). The molecule has 0 aliphatic carbocycles. The second kappa shape index (κ2) is 7.70. The molecule has 30 heavy (non-hydrogen) atoms. The van der Waals surface area contributed by atoms with Crippen molar-refractivity contribution < 1.29 is 25.0 Å². The number of aromatic nitrogens is 4. The number of ether oxygens (including phenoxy) is 1. The molecule has 0 saturated carbocycles. The first-order chi connectivity index (χ1) is 14.3. The highest BCUT2D eigenvalue weighted by Crippen LogP contribution is 2.33. The molecule has 6 N–H and O–H groups in total. The van der Waals surface area contributed by atoms with Gasteiger partial charge in [-0.1, -0.05) is 24.4 Å². The number of nitrogen functional groups attached to an aromatic ring is 1. The van der Waals surface area contributed by atoms with E-state index in [0.29, 0.717) is 22.6 Å². The molecule has 0 amide bonds. The molecule has 0 radical (unpaired) electrons. The molecular weight excluding hydrogens is 416 g/mol. The van der Waals surface area contributed by atoms with Crippen LogP contribution in [0.15, 0.2) is 24.3 Å². The van der Waals surface area contributed by atoms with Crippen LogP contribution in [0.3, 0.4) is 0 Å². The summed E-state index contributed by atoms with van der Waals surface area (Å²) in [6.07, 6.45) is -4.53. The quantitative estimate of drug-likeness (QED) is 0.211. The average molecular weight is 434 g/mol. The van der Waals surface area contributed by atoms with Crippen molar-refractivity contribution in [3.63, 3.8) is 0 Å². The second-order valence-electron chi connectivity index (χ2n) is 6.85. The predicted octanol–water partition coefficient (Wildman–Crippen LogP) is 0.182. The molecular formula is C17H18N6O6S. The summed E-state index contributed by atoms with van der Waals surface area (Å²) in [4.78, 5) is 21.7. The first-order valence-corrected chi connectivity index (χ1v) is 9.33. The second-order valence-corrected chi connectivity index (χ2v) is 7.24. The van der Waals surface area contributed by atoms with Crippen LogP contribution < -0.4 is 5.73 Å². The summed E-state index contributed by atoms with van der Waals surface area (Å²) in [5, 5.41) is 41.0. The first kappa shape index (κ1) is 20.3. The van der Waals surface area contributed by atoms with E-state index < -0.39 is 36.1 Å². The van der Waals surface area contributed by atoms with Gasteiger partial charge in [-0.05, 0) is 5.56 Å². The number of aliphatic hydroxyl groups excluding tert-OH is 3. The van der Waals surface area contributed by atoms with Crippen LogP contribution in [0.4, 0.5) is 11.6 Å². The average Bonchev–Trinajstić information content (AvgIpc) is 3.19. The van der Waals surface area contributed by atoms with Crippen LogP contribution in [0.25, 0.3) is 11.2 Å². The van der Waals surface area contributed by atoms with E-state index in [0.717, 1.165) is 0 Å². The number of aliphatic hydroxyl groups is 3. The van der Waals surface area contributed by atoms with Crippen molar-refractivity contribution in [1.29, 1.82) is 0 Å². The number of non-ortho nitro benzene ring substituents is 1. The summed E-state index contributed by atoms with van der Waals surface area (Å²) in [7, 11) is 0. The maximum absolute atomic E-state index is 10.9. The minimum absolute atomic E-state index is 0.0299. The largest absolute Gasteiger partial charge is 0.394 e. The van der Waals surface area contributed by atoms with Gasteiger partial charge in [0.2, 0.25) is 0 Å². The lowest BCUT2D eigenvalue weighted by Crippen LogP contribution is -2.33. The number of nitro groups is 1. The molecule has 0 bridgehead atoms. The third kappa shape index (κ3) is 3.42. The molecule has 1 aliphatic heterocycles. The van der Waals surface area contributed by atoms with Crippen LogP contribution in [0.5, 0.6) is 0 Å². The SMILES string of the molecule is Nc1nc(=S)c2nc(Cc3ccc([N+](=O)[O-])cc3)n([C@@H]3O[C@H](CO)[C@@H](O)[C@H]3O)c2[nH]1. The van der Waals surface area contributed by atoms with E-state index in [-0.39, 0.29) is 22.7 Å². The van der Waals surface area contributed by atoms with Crippen molar-refractivity contribution >= 4 is 35.0 Å². The third-order valence-corrected chi connectivity index (χ3v) is 5.22. The maximum atomic E-state index is 10.9.